The molecule has 1 aliphatic heterocycles. The summed E-state index contributed by atoms with van der Waals surface area (Å²) in [6, 6.07) is 6.61. The van der Waals surface area contributed by atoms with Crippen molar-refractivity contribution in [3.8, 4) is 12.3 Å². The first-order valence-corrected chi connectivity index (χ1v) is 5.37. The molecule has 1 heteroatoms. The van der Waals surface area contributed by atoms with Gasteiger partial charge in [0.15, 0.2) is 0 Å². The maximum atomic E-state index is 5.55. The quantitative estimate of drug-likeness (QED) is 0.628. The Hall–Kier alpha value is -1.42. The number of nitrogens with zero attached hydrogens (tertiary/aromatic N) is 1. The maximum Gasteiger partial charge on any atom is 0.0504 e. The van der Waals surface area contributed by atoms with E-state index in [0.29, 0.717) is 0 Å². The van der Waals surface area contributed by atoms with E-state index < -0.39 is 0 Å². The van der Waals surface area contributed by atoms with E-state index in [4.69, 9.17) is 6.42 Å². The first kappa shape index (κ1) is 10.1. The van der Waals surface area contributed by atoms with Gasteiger partial charge in [-0.2, -0.15) is 0 Å². The summed E-state index contributed by atoms with van der Waals surface area (Å²) in [4.78, 5) is 2.29. The van der Waals surface area contributed by atoms with Crippen LogP contribution in [-0.4, -0.2) is 13.6 Å². The van der Waals surface area contributed by atoms with E-state index in [0.717, 1.165) is 13.0 Å². The third-order valence-corrected chi connectivity index (χ3v) is 3.29. The molecule has 15 heavy (non-hydrogen) atoms. The van der Waals surface area contributed by atoms with Crippen LogP contribution in [0.4, 0.5) is 5.69 Å². The molecule has 78 valence electrons. The maximum absolute atomic E-state index is 5.55. The molecule has 1 aromatic carbocycles. The number of hydrogen-bond donors (Lipinski definition) is 0. The highest BCUT2D eigenvalue weighted by Crippen LogP contribution is 2.31. The monoisotopic (exact) mass is 199 g/mol. The molecule has 0 fully saturated rings. The average molecular weight is 199 g/mol. The minimum absolute atomic E-state index is 0.157. The minimum atomic E-state index is -0.157. The predicted molar refractivity (Wildman–Crippen MR) is 65.3 cm³/mol. The van der Waals surface area contributed by atoms with Gasteiger partial charge < -0.3 is 4.90 Å². The fourth-order valence-corrected chi connectivity index (χ4v) is 2.04. The van der Waals surface area contributed by atoms with E-state index in [1.54, 1.807) is 0 Å². The highest BCUT2D eigenvalue weighted by atomic mass is 15.1. The molecule has 0 amide bonds. The summed E-state index contributed by atoms with van der Waals surface area (Å²) in [5.74, 6) is 2.85. The summed E-state index contributed by atoms with van der Waals surface area (Å²) in [5, 5.41) is 0. The molecule has 0 atom stereocenters. The van der Waals surface area contributed by atoms with Gasteiger partial charge in [0.25, 0.3) is 0 Å². The molecule has 0 bridgehead atoms. The molecule has 0 N–H and O–H groups in total. The topological polar surface area (TPSA) is 3.24 Å². The Balaban J connectivity index is 2.44. The molecule has 2 rings (SSSR count). The van der Waals surface area contributed by atoms with Crippen LogP contribution in [0.25, 0.3) is 0 Å². The van der Waals surface area contributed by atoms with Crippen LogP contribution in [0.2, 0.25) is 0 Å². The predicted octanol–water partition coefficient (Wildman–Crippen LogP) is 2.59. The van der Waals surface area contributed by atoms with Gasteiger partial charge in [-0.25, -0.2) is 0 Å². The third-order valence-electron chi connectivity index (χ3n) is 3.29. The largest absolute Gasteiger partial charge is 0.374 e. The van der Waals surface area contributed by atoms with E-state index in [1.807, 2.05) is 0 Å². The normalized spacial score (nSPS) is 14.9. The van der Waals surface area contributed by atoms with Crippen LogP contribution >= 0.6 is 0 Å². The molecule has 0 unspecified atom stereocenters. The minimum Gasteiger partial charge on any atom is -0.374 e. The van der Waals surface area contributed by atoms with Crippen molar-refractivity contribution < 1.29 is 0 Å². The zero-order valence-electron chi connectivity index (χ0n) is 9.67. The number of anilines is 1. The van der Waals surface area contributed by atoms with Crippen LogP contribution in [0.15, 0.2) is 18.2 Å². The van der Waals surface area contributed by atoms with Crippen LogP contribution in [-0.2, 0) is 11.8 Å². The van der Waals surface area contributed by atoms with Crippen LogP contribution in [0.3, 0.4) is 0 Å². The molecule has 1 aromatic rings. The molecule has 0 aliphatic carbocycles. The lowest BCUT2D eigenvalue weighted by molar-refractivity contribution is 0.698. The van der Waals surface area contributed by atoms with E-state index >= 15 is 0 Å². The standard InChI is InChI=1S/C14H17N/c1-5-14(2,3)12-6-7-13-11(10-12)8-9-15(13)4/h1,6-7,10H,8-9H2,2-4H3. The van der Waals surface area contributed by atoms with Crippen LogP contribution in [0, 0.1) is 12.3 Å². The Bertz CT molecular complexity index is 423. The van der Waals surface area contributed by atoms with Crippen molar-refractivity contribution in [3.63, 3.8) is 0 Å². The highest BCUT2D eigenvalue weighted by Gasteiger charge is 2.21. The van der Waals surface area contributed by atoms with Crippen molar-refractivity contribution in [3.05, 3.63) is 29.3 Å². The lowest BCUT2D eigenvalue weighted by atomic mass is 9.84. The lowest BCUT2D eigenvalue weighted by Gasteiger charge is -2.20. The third kappa shape index (κ3) is 1.61. The molecule has 0 spiro atoms. The summed E-state index contributed by atoms with van der Waals surface area (Å²) in [6.07, 6.45) is 6.69. The molecule has 1 aliphatic rings. The van der Waals surface area contributed by atoms with Gasteiger partial charge in [0.1, 0.15) is 0 Å². The molecule has 0 saturated carbocycles. The Morgan fingerprint density at radius 3 is 2.80 bits per heavy atom. The fourth-order valence-electron chi connectivity index (χ4n) is 2.04. The summed E-state index contributed by atoms with van der Waals surface area (Å²) in [7, 11) is 2.14. The van der Waals surface area contributed by atoms with E-state index in [2.05, 4.69) is 49.9 Å². The summed E-state index contributed by atoms with van der Waals surface area (Å²) in [6.45, 7) is 5.30. The Kier molecular flexibility index (Phi) is 2.23. The van der Waals surface area contributed by atoms with Crippen molar-refractivity contribution in [1.29, 1.82) is 0 Å². The zero-order valence-corrected chi connectivity index (χ0v) is 9.67. The second-order valence-corrected chi connectivity index (χ2v) is 4.78. The van der Waals surface area contributed by atoms with Crippen LogP contribution < -0.4 is 4.90 Å². The number of benzene rings is 1. The van der Waals surface area contributed by atoms with Gasteiger partial charge in [-0.05, 0) is 37.5 Å². The van der Waals surface area contributed by atoms with Gasteiger partial charge in [0.2, 0.25) is 0 Å². The van der Waals surface area contributed by atoms with Crippen molar-refractivity contribution in [2.45, 2.75) is 25.7 Å². The fraction of sp³-hybridized carbons (Fsp3) is 0.429. The van der Waals surface area contributed by atoms with Crippen molar-refractivity contribution in [2.24, 2.45) is 0 Å². The molecular formula is C14H17N. The first-order valence-electron chi connectivity index (χ1n) is 5.37. The first-order chi connectivity index (χ1) is 7.04. The van der Waals surface area contributed by atoms with Crippen molar-refractivity contribution in [2.75, 3.05) is 18.5 Å². The van der Waals surface area contributed by atoms with Crippen molar-refractivity contribution >= 4 is 5.69 Å². The number of rotatable bonds is 1. The van der Waals surface area contributed by atoms with Gasteiger partial charge in [-0.1, -0.05) is 18.1 Å². The Labute approximate surface area is 92.1 Å². The molecule has 1 nitrogen and oxygen atoms in total. The number of terminal acetylenes is 1. The van der Waals surface area contributed by atoms with E-state index in [9.17, 15) is 0 Å². The molecule has 0 saturated heterocycles. The highest BCUT2D eigenvalue weighted by molar-refractivity contribution is 5.59. The molecule has 1 heterocycles. The van der Waals surface area contributed by atoms with Gasteiger partial charge >= 0.3 is 0 Å². The van der Waals surface area contributed by atoms with E-state index in [1.165, 1.54) is 16.8 Å². The Morgan fingerprint density at radius 2 is 2.13 bits per heavy atom. The summed E-state index contributed by atoms with van der Waals surface area (Å²) >= 11 is 0. The molecule has 0 radical (unpaired) electrons. The number of fused-ring (bicyclic) bond motifs is 1. The average Bonchev–Trinajstić information content (AvgIpc) is 2.60. The molecular weight excluding hydrogens is 182 g/mol. The van der Waals surface area contributed by atoms with Gasteiger partial charge in [0, 0.05) is 19.3 Å². The zero-order chi connectivity index (χ0) is 11.1. The molecule has 0 aromatic heterocycles. The summed E-state index contributed by atoms with van der Waals surface area (Å²) in [5.41, 5.74) is 3.87. The lowest BCUT2D eigenvalue weighted by Crippen LogP contribution is -2.14. The van der Waals surface area contributed by atoms with Gasteiger partial charge in [-0.3, -0.25) is 0 Å². The second kappa shape index (κ2) is 3.31. The number of likely N-dealkylation sites (N-methyl/N-ethyl adjacent to an activating group) is 1. The van der Waals surface area contributed by atoms with Gasteiger partial charge in [0.05, 0.1) is 5.41 Å². The SMILES string of the molecule is C#CC(C)(C)c1ccc2c(c1)CCN2C. The summed E-state index contributed by atoms with van der Waals surface area (Å²) < 4.78 is 0. The van der Waals surface area contributed by atoms with Crippen LogP contribution in [0.1, 0.15) is 25.0 Å². The Morgan fingerprint density at radius 1 is 1.40 bits per heavy atom. The van der Waals surface area contributed by atoms with Crippen molar-refractivity contribution in [1.82, 2.24) is 0 Å². The van der Waals surface area contributed by atoms with Crippen LogP contribution in [0.5, 0.6) is 0 Å². The second-order valence-electron chi connectivity index (χ2n) is 4.78. The van der Waals surface area contributed by atoms with Gasteiger partial charge in [-0.15, -0.1) is 6.42 Å². The smallest absolute Gasteiger partial charge is 0.0504 e. The van der Waals surface area contributed by atoms with E-state index in [-0.39, 0.29) is 5.41 Å². The number of hydrogen-bond acceptors (Lipinski definition) is 1.